The van der Waals surface area contributed by atoms with Gasteiger partial charge < -0.3 is 0 Å². The van der Waals surface area contributed by atoms with E-state index in [4.69, 9.17) is 0 Å². The maximum absolute atomic E-state index is 12.4. The van der Waals surface area contributed by atoms with Gasteiger partial charge in [0.15, 0.2) is 5.82 Å². The van der Waals surface area contributed by atoms with E-state index in [2.05, 4.69) is 27.2 Å². The van der Waals surface area contributed by atoms with Gasteiger partial charge in [-0.1, -0.05) is 60.7 Å². The van der Waals surface area contributed by atoms with E-state index in [1.165, 1.54) is 10.1 Å². The van der Waals surface area contributed by atoms with Crippen LogP contribution in [0.3, 0.4) is 0 Å². The number of nitrogens with one attached hydrogen (secondary N) is 1. The summed E-state index contributed by atoms with van der Waals surface area (Å²) in [6, 6.07) is 11.9. The molecule has 5 nitrogen and oxygen atoms in total. The van der Waals surface area contributed by atoms with Gasteiger partial charge in [0.05, 0.1) is 5.69 Å². The van der Waals surface area contributed by atoms with Crippen molar-refractivity contribution < 1.29 is 0 Å². The first kappa shape index (κ1) is 18.6. The van der Waals surface area contributed by atoms with Crippen molar-refractivity contribution in [2.24, 2.45) is 0 Å². The van der Waals surface area contributed by atoms with Crippen molar-refractivity contribution >= 4 is 11.4 Å². The summed E-state index contributed by atoms with van der Waals surface area (Å²) >= 11 is 0. The molecule has 0 bridgehead atoms. The van der Waals surface area contributed by atoms with Crippen LogP contribution in [0.15, 0.2) is 71.6 Å². The molecule has 0 fully saturated rings. The minimum Gasteiger partial charge on any atom is -0.271 e. The topological polar surface area (TPSA) is 63.1 Å². The Hall–Kier alpha value is -3.21. The SMILES string of the molecule is C\C=C/C=C\C(=C/C)c1nc2nc(CCCc3ccccc3)cc(=O)n2[nH]1. The Bertz CT molecular complexity index is 1040. The summed E-state index contributed by atoms with van der Waals surface area (Å²) in [6.07, 6.45) is 12.4. The van der Waals surface area contributed by atoms with Crippen LogP contribution in [-0.4, -0.2) is 19.6 Å². The minimum atomic E-state index is -0.138. The molecule has 1 aromatic carbocycles. The Balaban J connectivity index is 1.78. The predicted octanol–water partition coefficient (Wildman–Crippen LogP) is 4.13. The van der Waals surface area contributed by atoms with Gasteiger partial charge in [0, 0.05) is 11.6 Å². The zero-order chi connectivity index (χ0) is 19.1. The van der Waals surface area contributed by atoms with Gasteiger partial charge >= 0.3 is 0 Å². The molecule has 3 aromatic rings. The van der Waals surface area contributed by atoms with Gasteiger partial charge in [-0.3, -0.25) is 9.89 Å². The Labute approximate surface area is 158 Å². The van der Waals surface area contributed by atoms with Gasteiger partial charge in [0.2, 0.25) is 0 Å². The number of aryl methyl sites for hydroxylation is 2. The fraction of sp³-hybridized carbons (Fsp3) is 0.227. The molecule has 0 saturated carbocycles. The van der Waals surface area contributed by atoms with Crippen molar-refractivity contribution in [3.05, 3.63) is 94.2 Å². The molecule has 0 aliphatic carbocycles. The van der Waals surface area contributed by atoms with Crippen LogP contribution in [0.1, 0.15) is 37.4 Å². The van der Waals surface area contributed by atoms with Gasteiger partial charge in [-0.25, -0.2) is 4.98 Å². The van der Waals surface area contributed by atoms with E-state index in [-0.39, 0.29) is 5.56 Å². The molecule has 3 rings (SSSR count). The Morgan fingerprint density at radius 1 is 1.11 bits per heavy atom. The highest BCUT2D eigenvalue weighted by Gasteiger charge is 2.09. The van der Waals surface area contributed by atoms with Crippen molar-refractivity contribution in [3.8, 4) is 0 Å². The highest BCUT2D eigenvalue weighted by molar-refractivity contribution is 5.70. The third kappa shape index (κ3) is 4.70. The second-order valence-corrected chi connectivity index (χ2v) is 6.26. The molecule has 0 aliphatic rings. The first-order valence-electron chi connectivity index (χ1n) is 9.20. The summed E-state index contributed by atoms with van der Waals surface area (Å²) in [4.78, 5) is 21.5. The molecule has 138 valence electrons. The average molecular weight is 360 g/mol. The molecule has 2 aromatic heterocycles. The smallest absolute Gasteiger partial charge is 0.271 e. The highest BCUT2D eigenvalue weighted by atomic mass is 16.1. The molecule has 0 atom stereocenters. The van der Waals surface area contributed by atoms with E-state index in [1.54, 1.807) is 6.07 Å². The number of H-pyrrole nitrogens is 1. The number of fused-ring (bicyclic) bond motifs is 1. The number of rotatable bonds is 7. The summed E-state index contributed by atoms with van der Waals surface area (Å²) in [7, 11) is 0. The van der Waals surface area contributed by atoms with Crippen LogP contribution in [0.2, 0.25) is 0 Å². The largest absolute Gasteiger partial charge is 0.274 e. The monoisotopic (exact) mass is 360 g/mol. The quantitative estimate of drug-likeness (QED) is 0.645. The summed E-state index contributed by atoms with van der Waals surface area (Å²) < 4.78 is 1.39. The van der Waals surface area contributed by atoms with E-state index in [1.807, 2.05) is 62.4 Å². The van der Waals surface area contributed by atoms with E-state index in [0.29, 0.717) is 11.6 Å². The molecule has 0 amide bonds. The molecule has 1 N–H and O–H groups in total. The zero-order valence-electron chi connectivity index (χ0n) is 15.7. The normalized spacial score (nSPS) is 12.6. The van der Waals surface area contributed by atoms with Crippen LogP contribution < -0.4 is 5.56 Å². The summed E-state index contributed by atoms with van der Waals surface area (Å²) in [6.45, 7) is 3.90. The molecule has 0 radical (unpaired) electrons. The molecule has 2 heterocycles. The molecule has 27 heavy (non-hydrogen) atoms. The Morgan fingerprint density at radius 3 is 2.67 bits per heavy atom. The molecule has 0 saturated heterocycles. The van der Waals surface area contributed by atoms with Crippen molar-refractivity contribution in [2.45, 2.75) is 33.1 Å². The minimum absolute atomic E-state index is 0.138. The lowest BCUT2D eigenvalue weighted by atomic mass is 10.1. The van der Waals surface area contributed by atoms with Crippen LogP contribution in [0.4, 0.5) is 0 Å². The van der Waals surface area contributed by atoms with Gasteiger partial charge in [-0.05, 0) is 38.7 Å². The number of hydrogen-bond donors (Lipinski definition) is 1. The number of aromatic amines is 1. The van der Waals surface area contributed by atoms with E-state index < -0.39 is 0 Å². The van der Waals surface area contributed by atoms with Crippen LogP contribution >= 0.6 is 0 Å². The number of benzene rings is 1. The second kappa shape index (κ2) is 8.94. The third-order valence-corrected chi connectivity index (χ3v) is 4.29. The number of allylic oxidation sites excluding steroid dienone is 6. The van der Waals surface area contributed by atoms with Crippen LogP contribution in [0.25, 0.3) is 11.4 Å². The van der Waals surface area contributed by atoms with E-state index in [0.717, 1.165) is 30.5 Å². The summed E-state index contributed by atoms with van der Waals surface area (Å²) in [5.74, 6) is 1.04. The number of nitrogens with zero attached hydrogens (tertiary/aromatic N) is 3. The molecule has 0 aliphatic heterocycles. The van der Waals surface area contributed by atoms with Crippen molar-refractivity contribution in [2.75, 3.05) is 0 Å². The van der Waals surface area contributed by atoms with Crippen LogP contribution in [0.5, 0.6) is 0 Å². The molecular formula is C22H24N4O. The lowest BCUT2D eigenvalue weighted by molar-refractivity contribution is 0.785. The maximum atomic E-state index is 12.4. The second-order valence-electron chi connectivity index (χ2n) is 6.26. The van der Waals surface area contributed by atoms with Gasteiger partial charge in [0.25, 0.3) is 11.3 Å². The number of hydrogen-bond acceptors (Lipinski definition) is 3. The van der Waals surface area contributed by atoms with Gasteiger partial charge in [-0.15, -0.1) is 0 Å². The standard InChI is InChI=1S/C22H24N4O/c1-3-5-7-14-18(4-2)21-24-22-23-19(16-20(27)26(22)25-21)15-10-13-17-11-8-6-9-12-17/h3-9,11-12,14,16H,10,13,15H2,1-2H3,(H,23,24,25)/b5-3-,14-7-,18-4+. The fourth-order valence-electron chi connectivity index (χ4n) is 2.89. The van der Waals surface area contributed by atoms with Gasteiger partial charge in [-0.2, -0.15) is 9.50 Å². The first-order chi connectivity index (χ1) is 13.2. The Morgan fingerprint density at radius 2 is 1.93 bits per heavy atom. The van der Waals surface area contributed by atoms with E-state index >= 15 is 0 Å². The molecular weight excluding hydrogens is 336 g/mol. The van der Waals surface area contributed by atoms with Gasteiger partial charge in [0.1, 0.15) is 0 Å². The van der Waals surface area contributed by atoms with Crippen molar-refractivity contribution in [3.63, 3.8) is 0 Å². The highest BCUT2D eigenvalue weighted by Crippen LogP contribution is 2.12. The van der Waals surface area contributed by atoms with Crippen LogP contribution in [-0.2, 0) is 12.8 Å². The maximum Gasteiger partial charge on any atom is 0.274 e. The molecule has 5 heteroatoms. The zero-order valence-corrected chi connectivity index (χ0v) is 15.7. The third-order valence-electron chi connectivity index (χ3n) is 4.29. The molecule has 0 unspecified atom stereocenters. The predicted molar refractivity (Wildman–Crippen MR) is 110 cm³/mol. The van der Waals surface area contributed by atoms with Crippen LogP contribution in [0, 0.1) is 0 Å². The fourth-order valence-corrected chi connectivity index (χ4v) is 2.89. The summed E-state index contributed by atoms with van der Waals surface area (Å²) in [5, 5.41) is 3.04. The lowest BCUT2D eigenvalue weighted by Crippen LogP contribution is -2.16. The van der Waals surface area contributed by atoms with Crippen molar-refractivity contribution in [1.29, 1.82) is 0 Å². The lowest BCUT2D eigenvalue weighted by Gasteiger charge is -2.01. The molecule has 0 spiro atoms. The number of aromatic nitrogens is 4. The average Bonchev–Trinajstić information content (AvgIpc) is 3.11. The summed E-state index contributed by atoms with van der Waals surface area (Å²) in [5.41, 5.74) is 2.84. The van der Waals surface area contributed by atoms with E-state index in [9.17, 15) is 4.79 Å². The first-order valence-corrected chi connectivity index (χ1v) is 9.20. The Kier molecular flexibility index (Phi) is 6.15. The van der Waals surface area contributed by atoms with Crippen molar-refractivity contribution in [1.82, 2.24) is 19.6 Å².